The van der Waals surface area contributed by atoms with Crippen molar-refractivity contribution in [3.63, 3.8) is 0 Å². The van der Waals surface area contributed by atoms with Crippen molar-refractivity contribution in [1.82, 2.24) is 9.80 Å². The summed E-state index contributed by atoms with van der Waals surface area (Å²) in [5, 5.41) is 5.04. The SMILES string of the molecule is CC(C(=O)N(C)Cc1ccccc1)N(C)CC(=O)Nc1cccc2ccccc12. The minimum absolute atomic E-state index is 0.0192. The third kappa shape index (κ3) is 5.21. The maximum absolute atomic E-state index is 12.8. The van der Waals surface area contributed by atoms with Gasteiger partial charge in [0.15, 0.2) is 0 Å². The second-order valence-corrected chi connectivity index (χ2v) is 7.35. The Labute approximate surface area is 171 Å². The first-order valence-electron chi connectivity index (χ1n) is 9.72. The fourth-order valence-corrected chi connectivity index (χ4v) is 3.33. The summed E-state index contributed by atoms with van der Waals surface area (Å²) in [7, 11) is 3.58. The second kappa shape index (κ2) is 9.34. The van der Waals surface area contributed by atoms with Gasteiger partial charge in [0.2, 0.25) is 11.8 Å². The number of benzene rings is 3. The molecular formula is C24H27N3O2. The van der Waals surface area contributed by atoms with Gasteiger partial charge in [0.1, 0.15) is 0 Å². The van der Waals surface area contributed by atoms with Crippen molar-refractivity contribution in [3.8, 4) is 0 Å². The number of hydrogen-bond donors (Lipinski definition) is 1. The summed E-state index contributed by atoms with van der Waals surface area (Å²) in [4.78, 5) is 28.8. The van der Waals surface area contributed by atoms with E-state index in [-0.39, 0.29) is 18.4 Å². The van der Waals surface area contributed by atoms with Gasteiger partial charge >= 0.3 is 0 Å². The lowest BCUT2D eigenvalue weighted by Gasteiger charge is -2.28. The van der Waals surface area contributed by atoms with Gasteiger partial charge in [0.25, 0.3) is 0 Å². The number of nitrogens with zero attached hydrogens (tertiary/aromatic N) is 2. The van der Waals surface area contributed by atoms with Crippen LogP contribution in [0.15, 0.2) is 72.8 Å². The molecule has 0 aliphatic carbocycles. The molecule has 3 aromatic rings. The average molecular weight is 389 g/mol. The quantitative estimate of drug-likeness (QED) is 0.669. The van der Waals surface area contributed by atoms with Crippen LogP contribution in [0.2, 0.25) is 0 Å². The molecule has 0 fully saturated rings. The first-order valence-corrected chi connectivity index (χ1v) is 9.72. The normalized spacial score (nSPS) is 12.0. The van der Waals surface area contributed by atoms with Crippen LogP contribution in [0, 0.1) is 0 Å². The van der Waals surface area contributed by atoms with Crippen LogP contribution in [0.4, 0.5) is 5.69 Å². The number of rotatable bonds is 7. The molecule has 1 N–H and O–H groups in total. The highest BCUT2D eigenvalue weighted by atomic mass is 16.2. The average Bonchev–Trinajstić information content (AvgIpc) is 2.73. The van der Waals surface area contributed by atoms with Crippen LogP contribution in [0.3, 0.4) is 0 Å². The maximum Gasteiger partial charge on any atom is 0.239 e. The molecule has 0 saturated heterocycles. The van der Waals surface area contributed by atoms with Crippen LogP contribution in [0.1, 0.15) is 12.5 Å². The Morgan fingerprint density at radius 1 is 0.897 bits per heavy atom. The van der Waals surface area contributed by atoms with Gasteiger partial charge in [-0.25, -0.2) is 0 Å². The predicted molar refractivity (Wildman–Crippen MR) is 118 cm³/mol. The highest BCUT2D eigenvalue weighted by Gasteiger charge is 2.23. The van der Waals surface area contributed by atoms with E-state index >= 15 is 0 Å². The zero-order valence-corrected chi connectivity index (χ0v) is 17.1. The molecular weight excluding hydrogens is 362 g/mol. The Bertz CT molecular complexity index is 982. The number of hydrogen-bond acceptors (Lipinski definition) is 3. The molecule has 29 heavy (non-hydrogen) atoms. The molecule has 5 nitrogen and oxygen atoms in total. The van der Waals surface area contributed by atoms with Gasteiger partial charge in [-0.1, -0.05) is 66.7 Å². The Morgan fingerprint density at radius 2 is 1.55 bits per heavy atom. The third-order valence-electron chi connectivity index (χ3n) is 5.11. The van der Waals surface area contributed by atoms with Gasteiger partial charge in [0, 0.05) is 24.7 Å². The van der Waals surface area contributed by atoms with Gasteiger partial charge in [-0.05, 0) is 31.0 Å². The molecule has 0 aromatic heterocycles. The van der Waals surface area contributed by atoms with Crippen LogP contribution in [0.25, 0.3) is 10.8 Å². The Hall–Kier alpha value is -3.18. The zero-order valence-electron chi connectivity index (χ0n) is 17.1. The molecule has 0 radical (unpaired) electrons. The summed E-state index contributed by atoms with van der Waals surface area (Å²) in [6.45, 7) is 2.50. The smallest absolute Gasteiger partial charge is 0.239 e. The Balaban J connectivity index is 1.59. The van der Waals surface area contributed by atoms with E-state index in [1.54, 1.807) is 23.9 Å². The summed E-state index contributed by atoms with van der Waals surface area (Å²) in [5.41, 5.74) is 1.86. The van der Waals surface area contributed by atoms with Crippen molar-refractivity contribution in [2.75, 3.05) is 26.0 Å². The number of fused-ring (bicyclic) bond motifs is 1. The van der Waals surface area contributed by atoms with E-state index in [1.165, 1.54) is 0 Å². The molecule has 0 bridgehead atoms. The molecule has 0 saturated carbocycles. The number of carbonyl (C=O) groups excluding carboxylic acids is 2. The minimum Gasteiger partial charge on any atom is -0.340 e. The molecule has 2 amide bonds. The number of likely N-dealkylation sites (N-methyl/N-ethyl adjacent to an activating group) is 2. The molecule has 3 aromatic carbocycles. The topological polar surface area (TPSA) is 52.7 Å². The number of carbonyl (C=O) groups is 2. The molecule has 0 heterocycles. The molecule has 5 heteroatoms. The third-order valence-corrected chi connectivity index (χ3v) is 5.11. The van der Waals surface area contributed by atoms with E-state index in [0.29, 0.717) is 6.54 Å². The van der Waals surface area contributed by atoms with Crippen molar-refractivity contribution < 1.29 is 9.59 Å². The first-order chi connectivity index (χ1) is 14.0. The van der Waals surface area contributed by atoms with E-state index in [0.717, 1.165) is 22.0 Å². The van der Waals surface area contributed by atoms with Crippen LogP contribution in [-0.4, -0.2) is 48.3 Å². The van der Waals surface area contributed by atoms with E-state index in [2.05, 4.69) is 5.32 Å². The van der Waals surface area contributed by atoms with Crippen molar-refractivity contribution >= 4 is 28.3 Å². The largest absolute Gasteiger partial charge is 0.340 e. The molecule has 0 aliphatic rings. The highest BCUT2D eigenvalue weighted by molar-refractivity contribution is 6.02. The van der Waals surface area contributed by atoms with E-state index in [9.17, 15) is 9.59 Å². The van der Waals surface area contributed by atoms with Crippen LogP contribution < -0.4 is 5.32 Å². The molecule has 1 atom stereocenters. The van der Waals surface area contributed by atoms with Crippen molar-refractivity contribution in [1.29, 1.82) is 0 Å². The number of amides is 2. The molecule has 150 valence electrons. The summed E-state index contributed by atoms with van der Waals surface area (Å²) in [6, 6.07) is 23.2. The number of anilines is 1. The monoisotopic (exact) mass is 389 g/mol. The number of nitrogens with one attached hydrogen (secondary N) is 1. The molecule has 1 unspecified atom stereocenters. The molecule has 0 aliphatic heterocycles. The van der Waals surface area contributed by atoms with Crippen molar-refractivity contribution in [3.05, 3.63) is 78.4 Å². The van der Waals surface area contributed by atoms with E-state index < -0.39 is 6.04 Å². The van der Waals surface area contributed by atoms with Crippen molar-refractivity contribution in [2.45, 2.75) is 19.5 Å². The Kier molecular flexibility index (Phi) is 6.62. The summed E-state index contributed by atoms with van der Waals surface area (Å²) in [6.07, 6.45) is 0. The lowest BCUT2D eigenvalue weighted by atomic mass is 10.1. The van der Waals surface area contributed by atoms with Gasteiger partial charge < -0.3 is 10.2 Å². The fraction of sp³-hybridized carbons (Fsp3) is 0.250. The summed E-state index contributed by atoms with van der Waals surface area (Å²) < 4.78 is 0. The van der Waals surface area contributed by atoms with Gasteiger partial charge in [-0.2, -0.15) is 0 Å². The predicted octanol–water partition coefficient (Wildman–Crippen LogP) is 3.76. The van der Waals surface area contributed by atoms with E-state index in [1.807, 2.05) is 79.7 Å². The molecule has 3 rings (SSSR count). The van der Waals surface area contributed by atoms with Crippen LogP contribution in [0.5, 0.6) is 0 Å². The van der Waals surface area contributed by atoms with Gasteiger partial charge in [-0.15, -0.1) is 0 Å². The minimum atomic E-state index is -0.401. The summed E-state index contributed by atoms with van der Waals surface area (Å²) >= 11 is 0. The lowest BCUT2D eigenvalue weighted by molar-refractivity contribution is -0.135. The molecule has 0 spiro atoms. The van der Waals surface area contributed by atoms with Crippen LogP contribution >= 0.6 is 0 Å². The van der Waals surface area contributed by atoms with E-state index in [4.69, 9.17) is 0 Å². The van der Waals surface area contributed by atoms with Crippen molar-refractivity contribution in [2.24, 2.45) is 0 Å². The first kappa shape index (κ1) is 20.6. The Morgan fingerprint density at radius 3 is 2.31 bits per heavy atom. The summed E-state index contributed by atoms with van der Waals surface area (Å²) in [5.74, 6) is -0.163. The standard InChI is InChI=1S/C24H27N3O2/c1-18(24(29)27(3)16-19-10-5-4-6-11-19)26(2)17-23(28)25-22-15-9-13-20-12-7-8-14-21(20)22/h4-15,18H,16-17H2,1-3H3,(H,25,28). The fourth-order valence-electron chi connectivity index (χ4n) is 3.33. The lowest BCUT2D eigenvalue weighted by Crippen LogP contribution is -2.46. The van der Waals surface area contributed by atoms with Gasteiger partial charge in [0.05, 0.1) is 12.6 Å². The zero-order chi connectivity index (χ0) is 20.8. The maximum atomic E-state index is 12.8. The van der Waals surface area contributed by atoms with Crippen LogP contribution in [-0.2, 0) is 16.1 Å². The second-order valence-electron chi connectivity index (χ2n) is 7.35. The highest BCUT2D eigenvalue weighted by Crippen LogP contribution is 2.22. The van der Waals surface area contributed by atoms with Gasteiger partial charge in [-0.3, -0.25) is 14.5 Å².